The molecule has 0 radical (unpaired) electrons. The number of carboxylic acid groups (broad SMARTS) is 1. The van der Waals surface area contributed by atoms with Crippen LogP contribution in [-0.4, -0.2) is 22.1 Å². The molecule has 0 aromatic heterocycles. The molecule has 0 heterocycles. The number of hydrogen-bond donors (Lipinski definition) is 3. The van der Waals surface area contributed by atoms with Gasteiger partial charge in [-0.25, -0.2) is 4.79 Å². The molecule has 0 saturated carbocycles. The number of phenolic OH excluding ortho intramolecular Hbond substituents is 1. The Labute approximate surface area is 144 Å². The lowest BCUT2D eigenvalue weighted by Crippen LogP contribution is -2.14. The Morgan fingerprint density at radius 1 is 0.800 bits per heavy atom. The van der Waals surface area contributed by atoms with E-state index in [0.29, 0.717) is 5.56 Å². The molecule has 1 amide bonds. The first-order chi connectivity index (χ1) is 12.0. The monoisotopic (exact) mass is 333 g/mol. The van der Waals surface area contributed by atoms with Gasteiger partial charge < -0.3 is 15.5 Å². The molecule has 0 aliphatic carbocycles. The molecule has 0 spiro atoms. The van der Waals surface area contributed by atoms with Gasteiger partial charge in [0.1, 0.15) is 5.75 Å². The minimum absolute atomic E-state index is 0.00631. The van der Waals surface area contributed by atoms with Crippen molar-refractivity contribution < 1.29 is 19.8 Å². The van der Waals surface area contributed by atoms with Crippen LogP contribution in [0, 0.1) is 0 Å². The number of benzene rings is 3. The third-order valence-corrected chi connectivity index (χ3v) is 3.73. The molecular weight excluding hydrogens is 318 g/mol. The van der Waals surface area contributed by atoms with E-state index in [9.17, 15) is 19.8 Å². The van der Waals surface area contributed by atoms with Crippen LogP contribution < -0.4 is 5.32 Å². The number of amides is 1. The molecule has 5 nitrogen and oxygen atoms in total. The number of carbonyl (C=O) groups is 2. The first-order valence-corrected chi connectivity index (χ1v) is 7.58. The largest absolute Gasteiger partial charge is 0.508 e. The molecule has 0 saturated heterocycles. The molecule has 3 aromatic rings. The molecule has 0 aliphatic heterocycles. The van der Waals surface area contributed by atoms with Gasteiger partial charge in [0.05, 0.1) is 11.3 Å². The number of carbonyl (C=O) groups excluding carboxylic acids is 1. The number of phenols is 1. The third-order valence-electron chi connectivity index (χ3n) is 3.73. The summed E-state index contributed by atoms with van der Waals surface area (Å²) >= 11 is 0. The molecule has 25 heavy (non-hydrogen) atoms. The average molecular weight is 333 g/mol. The first kappa shape index (κ1) is 16.3. The van der Waals surface area contributed by atoms with E-state index < -0.39 is 5.97 Å². The highest BCUT2D eigenvalue weighted by atomic mass is 16.4. The quantitative estimate of drug-likeness (QED) is 0.673. The van der Waals surface area contributed by atoms with Crippen LogP contribution in [0.3, 0.4) is 0 Å². The van der Waals surface area contributed by atoms with E-state index in [4.69, 9.17) is 0 Å². The van der Waals surface area contributed by atoms with Crippen molar-refractivity contribution in [2.75, 3.05) is 5.32 Å². The van der Waals surface area contributed by atoms with Crippen LogP contribution in [0.15, 0.2) is 72.8 Å². The van der Waals surface area contributed by atoms with Crippen LogP contribution in [0.1, 0.15) is 20.7 Å². The summed E-state index contributed by atoms with van der Waals surface area (Å²) in [7, 11) is 0. The van der Waals surface area contributed by atoms with E-state index in [1.54, 1.807) is 66.7 Å². The average Bonchev–Trinajstić information content (AvgIpc) is 2.63. The van der Waals surface area contributed by atoms with Gasteiger partial charge in [-0.1, -0.05) is 36.4 Å². The van der Waals surface area contributed by atoms with Gasteiger partial charge in [0.25, 0.3) is 5.91 Å². The molecule has 0 unspecified atom stereocenters. The van der Waals surface area contributed by atoms with Gasteiger partial charge in [0.15, 0.2) is 0 Å². The zero-order valence-electron chi connectivity index (χ0n) is 13.1. The summed E-state index contributed by atoms with van der Waals surface area (Å²) in [4.78, 5) is 23.8. The fourth-order valence-corrected chi connectivity index (χ4v) is 2.45. The summed E-state index contributed by atoms with van der Waals surface area (Å²) in [6, 6.07) is 19.8. The standard InChI is InChI=1S/C20H15NO4/c22-16-9-6-13(7-10-16)15-8-11-17(20(24)25)18(12-15)21-19(23)14-4-2-1-3-5-14/h1-12,22H,(H,21,23)(H,24,25). The summed E-state index contributed by atoms with van der Waals surface area (Å²) in [5.74, 6) is -1.37. The first-order valence-electron chi connectivity index (χ1n) is 7.58. The van der Waals surface area contributed by atoms with E-state index in [1.807, 2.05) is 0 Å². The van der Waals surface area contributed by atoms with Crippen molar-refractivity contribution in [2.24, 2.45) is 0 Å². The minimum atomic E-state index is -1.12. The second kappa shape index (κ2) is 6.88. The van der Waals surface area contributed by atoms with E-state index in [2.05, 4.69) is 5.32 Å². The van der Waals surface area contributed by atoms with Crippen LogP contribution in [0.4, 0.5) is 5.69 Å². The third kappa shape index (κ3) is 3.67. The maximum absolute atomic E-state index is 12.3. The van der Waals surface area contributed by atoms with Crippen molar-refractivity contribution in [3.63, 3.8) is 0 Å². The predicted molar refractivity (Wildman–Crippen MR) is 94.9 cm³/mol. The Morgan fingerprint density at radius 3 is 2.08 bits per heavy atom. The summed E-state index contributed by atoms with van der Waals surface area (Å²) in [6.45, 7) is 0. The highest BCUT2D eigenvalue weighted by molar-refractivity contribution is 6.08. The zero-order chi connectivity index (χ0) is 17.8. The molecule has 0 aliphatic rings. The Morgan fingerprint density at radius 2 is 1.44 bits per heavy atom. The van der Waals surface area contributed by atoms with Crippen molar-refractivity contribution in [3.05, 3.63) is 83.9 Å². The molecule has 124 valence electrons. The summed E-state index contributed by atoms with van der Waals surface area (Å²) in [5.41, 5.74) is 2.19. The lowest BCUT2D eigenvalue weighted by atomic mass is 10.0. The molecule has 0 atom stereocenters. The number of aromatic hydroxyl groups is 1. The zero-order valence-corrected chi connectivity index (χ0v) is 13.1. The topological polar surface area (TPSA) is 86.6 Å². The van der Waals surface area contributed by atoms with Crippen LogP contribution in [-0.2, 0) is 0 Å². The summed E-state index contributed by atoms with van der Waals surface area (Å²) < 4.78 is 0. The van der Waals surface area contributed by atoms with Gasteiger partial charge in [-0.05, 0) is 47.5 Å². The molecule has 0 bridgehead atoms. The smallest absolute Gasteiger partial charge is 0.337 e. The Hall–Kier alpha value is -3.60. The Balaban J connectivity index is 1.98. The van der Waals surface area contributed by atoms with Crippen molar-refractivity contribution in [3.8, 4) is 16.9 Å². The van der Waals surface area contributed by atoms with E-state index >= 15 is 0 Å². The van der Waals surface area contributed by atoms with Crippen LogP contribution in [0.25, 0.3) is 11.1 Å². The van der Waals surface area contributed by atoms with Gasteiger partial charge in [0, 0.05) is 5.56 Å². The van der Waals surface area contributed by atoms with E-state index in [-0.39, 0.29) is 22.9 Å². The van der Waals surface area contributed by atoms with Crippen molar-refractivity contribution in [1.82, 2.24) is 0 Å². The number of hydrogen-bond acceptors (Lipinski definition) is 3. The van der Waals surface area contributed by atoms with Gasteiger partial charge in [-0.2, -0.15) is 0 Å². The number of rotatable bonds is 4. The van der Waals surface area contributed by atoms with Crippen molar-refractivity contribution in [1.29, 1.82) is 0 Å². The minimum Gasteiger partial charge on any atom is -0.508 e. The molecule has 3 N–H and O–H groups in total. The number of anilines is 1. The highest BCUT2D eigenvalue weighted by Crippen LogP contribution is 2.27. The van der Waals surface area contributed by atoms with E-state index in [0.717, 1.165) is 11.1 Å². The van der Waals surface area contributed by atoms with Crippen LogP contribution >= 0.6 is 0 Å². The lowest BCUT2D eigenvalue weighted by Gasteiger charge is -2.11. The van der Waals surface area contributed by atoms with Crippen molar-refractivity contribution >= 4 is 17.6 Å². The maximum atomic E-state index is 12.3. The van der Waals surface area contributed by atoms with E-state index in [1.165, 1.54) is 6.07 Å². The molecule has 3 rings (SSSR count). The highest BCUT2D eigenvalue weighted by Gasteiger charge is 2.15. The number of aromatic carboxylic acids is 1. The molecular formula is C20H15NO4. The SMILES string of the molecule is O=C(Nc1cc(-c2ccc(O)cc2)ccc1C(=O)O)c1ccccc1. The molecule has 5 heteroatoms. The normalized spacial score (nSPS) is 10.2. The van der Waals surface area contributed by atoms with Crippen molar-refractivity contribution in [2.45, 2.75) is 0 Å². The van der Waals surface area contributed by atoms with Gasteiger partial charge in [0.2, 0.25) is 0 Å². The number of carboxylic acids is 1. The molecule has 0 fully saturated rings. The van der Waals surface area contributed by atoms with Crippen LogP contribution in [0.2, 0.25) is 0 Å². The van der Waals surface area contributed by atoms with Gasteiger partial charge in [-0.15, -0.1) is 0 Å². The van der Waals surface area contributed by atoms with Gasteiger partial charge >= 0.3 is 5.97 Å². The summed E-state index contributed by atoms with van der Waals surface area (Å²) in [6.07, 6.45) is 0. The maximum Gasteiger partial charge on any atom is 0.337 e. The van der Waals surface area contributed by atoms with Crippen LogP contribution in [0.5, 0.6) is 5.75 Å². The Bertz CT molecular complexity index is 918. The number of nitrogens with one attached hydrogen (secondary N) is 1. The fourth-order valence-electron chi connectivity index (χ4n) is 2.45. The fraction of sp³-hybridized carbons (Fsp3) is 0. The van der Waals surface area contributed by atoms with Gasteiger partial charge in [-0.3, -0.25) is 4.79 Å². The summed E-state index contributed by atoms with van der Waals surface area (Å²) in [5, 5.41) is 21.4. The lowest BCUT2D eigenvalue weighted by molar-refractivity contribution is 0.0698. The second-order valence-electron chi connectivity index (χ2n) is 5.43. The second-order valence-corrected chi connectivity index (χ2v) is 5.43. The molecule has 3 aromatic carbocycles. The Kier molecular flexibility index (Phi) is 4.48. The predicted octanol–water partition coefficient (Wildman–Crippen LogP) is 4.01.